The number of nitrogens with zero attached hydrogens (tertiary/aromatic N) is 2. The van der Waals surface area contributed by atoms with Crippen molar-refractivity contribution in [3.8, 4) is 0 Å². The molecule has 1 heterocycles. The molecule has 0 aliphatic rings. The average molecular weight is 330 g/mol. The number of aromatic nitrogens is 2. The van der Waals surface area contributed by atoms with Crippen molar-refractivity contribution < 1.29 is 0 Å². The maximum absolute atomic E-state index is 6.14. The number of hydrogen-bond donors (Lipinski definition) is 1. The normalized spacial score (nSPS) is 12.8. The van der Waals surface area contributed by atoms with Gasteiger partial charge in [-0.3, -0.25) is 0 Å². The zero-order valence-corrected chi connectivity index (χ0v) is 13.1. The number of aryl methyl sites for hydroxylation is 1. The second-order valence-corrected chi connectivity index (χ2v) is 5.77. The lowest BCUT2D eigenvalue weighted by Crippen LogP contribution is -2.12. The number of fused-ring (bicyclic) bond motifs is 1. The molecule has 0 radical (unpaired) electrons. The van der Waals surface area contributed by atoms with Crippen LogP contribution in [0.5, 0.6) is 0 Å². The average Bonchev–Trinajstić information content (AvgIpc) is 2.73. The van der Waals surface area contributed by atoms with Gasteiger partial charge in [0.2, 0.25) is 0 Å². The van der Waals surface area contributed by atoms with Crippen LogP contribution in [0.25, 0.3) is 10.8 Å². The van der Waals surface area contributed by atoms with Crippen LogP contribution >= 0.6 is 15.9 Å². The van der Waals surface area contributed by atoms with Crippen molar-refractivity contribution >= 4 is 32.5 Å². The fraction of sp³-hybridized carbons (Fsp3) is 0.188. The Hall–Kier alpha value is -1.81. The van der Waals surface area contributed by atoms with Crippen molar-refractivity contribution in [1.82, 2.24) is 9.78 Å². The van der Waals surface area contributed by atoms with Crippen molar-refractivity contribution in [3.05, 3.63) is 58.2 Å². The minimum atomic E-state index is 0.0890. The molecule has 0 fully saturated rings. The molecule has 2 N–H and O–H groups in total. The summed E-state index contributed by atoms with van der Waals surface area (Å²) in [6, 6.07) is 14.8. The van der Waals surface area contributed by atoms with Crippen LogP contribution in [0.15, 0.2) is 46.9 Å². The number of halogens is 1. The van der Waals surface area contributed by atoms with E-state index in [9.17, 15) is 0 Å². The van der Waals surface area contributed by atoms with E-state index in [1.54, 1.807) is 0 Å². The maximum atomic E-state index is 6.14. The lowest BCUT2D eigenvalue weighted by Gasteiger charge is -2.16. The molecule has 0 spiro atoms. The Morgan fingerprint density at radius 1 is 1.15 bits per heavy atom. The third-order valence-electron chi connectivity index (χ3n) is 3.69. The molecule has 0 saturated carbocycles. The maximum Gasteiger partial charge on any atom is 0.137 e. The molecule has 20 heavy (non-hydrogen) atoms. The molecule has 1 atom stereocenters. The van der Waals surface area contributed by atoms with Crippen molar-refractivity contribution in [3.63, 3.8) is 0 Å². The molecule has 1 unspecified atom stereocenters. The van der Waals surface area contributed by atoms with E-state index in [4.69, 9.17) is 5.73 Å². The number of hydrogen-bond acceptors (Lipinski definition) is 2. The van der Waals surface area contributed by atoms with Crippen LogP contribution in [-0.4, -0.2) is 9.78 Å². The van der Waals surface area contributed by atoms with Gasteiger partial charge in [-0.25, -0.2) is 4.68 Å². The Morgan fingerprint density at radius 3 is 2.55 bits per heavy atom. The van der Waals surface area contributed by atoms with Gasteiger partial charge in [0.25, 0.3) is 0 Å². The number of rotatable bonds is 2. The van der Waals surface area contributed by atoms with Crippen LogP contribution < -0.4 is 5.73 Å². The number of nitrogen functional groups attached to an aromatic ring is 1. The predicted molar refractivity (Wildman–Crippen MR) is 86.8 cm³/mol. The molecule has 3 aromatic rings. The van der Waals surface area contributed by atoms with Gasteiger partial charge in [0.15, 0.2) is 0 Å². The first kappa shape index (κ1) is 13.2. The molecular weight excluding hydrogens is 314 g/mol. The van der Waals surface area contributed by atoms with Crippen molar-refractivity contribution in [2.45, 2.75) is 19.9 Å². The van der Waals surface area contributed by atoms with Crippen LogP contribution in [-0.2, 0) is 0 Å². The van der Waals surface area contributed by atoms with E-state index in [0.717, 1.165) is 10.2 Å². The fourth-order valence-electron chi connectivity index (χ4n) is 2.59. The summed E-state index contributed by atoms with van der Waals surface area (Å²) in [6.07, 6.45) is 0. The van der Waals surface area contributed by atoms with Crippen LogP contribution in [0.2, 0.25) is 0 Å². The van der Waals surface area contributed by atoms with E-state index in [1.165, 1.54) is 16.3 Å². The Kier molecular flexibility index (Phi) is 3.26. The number of nitrogens with two attached hydrogens (primary N) is 1. The minimum absolute atomic E-state index is 0.0890. The van der Waals surface area contributed by atoms with Crippen LogP contribution in [0.1, 0.15) is 24.2 Å². The highest BCUT2D eigenvalue weighted by atomic mass is 79.9. The van der Waals surface area contributed by atoms with E-state index in [-0.39, 0.29) is 6.04 Å². The lowest BCUT2D eigenvalue weighted by atomic mass is 10.00. The van der Waals surface area contributed by atoms with Gasteiger partial charge in [-0.1, -0.05) is 42.5 Å². The molecule has 102 valence electrons. The van der Waals surface area contributed by atoms with Gasteiger partial charge in [0.1, 0.15) is 5.82 Å². The molecule has 1 aromatic heterocycles. The van der Waals surface area contributed by atoms with Gasteiger partial charge in [-0.15, -0.1) is 0 Å². The first-order valence-electron chi connectivity index (χ1n) is 6.57. The highest BCUT2D eigenvalue weighted by molar-refractivity contribution is 9.10. The standard InChI is InChI=1S/C16H16BrN3/c1-10-15(17)16(18)20(19-10)11(2)13-9-5-7-12-6-3-4-8-14(12)13/h3-9,11H,18H2,1-2H3. The second kappa shape index (κ2) is 4.94. The van der Waals surface area contributed by atoms with E-state index in [0.29, 0.717) is 5.82 Å². The monoisotopic (exact) mass is 329 g/mol. The smallest absolute Gasteiger partial charge is 0.137 e. The largest absolute Gasteiger partial charge is 0.383 e. The molecule has 0 aliphatic carbocycles. The van der Waals surface area contributed by atoms with E-state index < -0.39 is 0 Å². The molecule has 2 aromatic carbocycles. The summed E-state index contributed by atoms with van der Waals surface area (Å²) in [6.45, 7) is 4.07. The molecule has 0 saturated heterocycles. The quantitative estimate of drug-likeness (QED) is 0.761. The molecule has 0 amide bonds. The predicted octanol–water partition coefficient (Wildman–Crippen LogP) is 4.30. The van der Waals surface area contributed by atoms with Crippen molar-refractivity contribution in [2.75, 3.05) is 5.73 Å². The van der Waals surface area contributed by atoms with Gasteiger partial charge < -0.3 is 5.73 Å². The topological polar surface area (TPSA) is 43.8 Å². The Morgan fingerprint density at radius 2 is 1.85 bits per heavy atom. The zero-order chi connectivity index (χ0) is 14.3. The lowest BCUT2D eigenvalue weighted by molar-refractivity contribution is 0.572. The minimum Gasteiger partial charge on any atom is -0.383 e. The summed E-state index contributed by atoms with van der Waals surface area (Å²) in [4.78, 5) is 0. The van der Waals surface area contributed by atoms with E-state index >= 15 is 0 Å². The molecular formula is C16H16BrN3. The summed E-state index contributed by atoms with van der Waals surface area (Å²) in [5.41, 5.74) is 8.28. The summed E-state index contributed by atoms with van der Waals surface area (Å²) < 4.78 is 2.76. The molecule has 4 heteroatoms. The Bertz CT molecular complexity index is 771. The Labute approximate surface area is 126 Å². The first-order valence-corrected chi connectivity index (χ1v) is 7.36. The van der Waals surface area contributed by atoms with E-state index in [1.807, 2.05) is 11.6 Å². The third kappa shape index (κ3) is 2.00. The van der Waals surface area contributed by atoms with Crippen LogP contribution in [0.3, 0.4) is 0 Å². The van der Waals surface area contributed by atoms with Gasteiger partial charge in [-0.2, -0.15) is 5.10 Å². The summed E-state index contributed by atoms with van der Waals surface area (Å²) in [7, 11) is 0. The molecule has 3 nitrogen and oxygen atoms in total. The third-order valence-corrected chi connectivity index (χ3v) is 4.67. The summed E-state index contributed by atoms with van der Waals surface area (Å²) >= 11 is 3.48. The highest BCUT2D eigenvalue weighted by Gasteiger charge is 2.17. The van der Waals surface area contributed by atoms with Crippen LogP contribution in [0, 0.1) is 6.92 Å². The first-order chi connectivity index (χ1) is 9.59. The van der Waals surface area contributed by atoms with Crippen molar-refractivity contribution in [1.29, 1.82) is 0 Å². The van der Waals surface area contributed by atoms with Gasteiger partial charge in [0.05, 0.1) is 16.2 Å². The highest BCUT2D eigenvalue weighted by Crippen LogP contribution is 2.31. The van der Waals surface area contributed by atoms with Crippen LogP contribution in [0.4, 0.5) is 5.82 Å². The molecule has 3 rings (SSSR count). The second-order valence-electron chi connectivity index (χ2n) is 4.97. The van der Waals surface area contributed by atoms with E-state index in [2.05, 4.69) is 70.4 Å². The Balaban J connectivity index is 2.17. The van der Waals surface area contributed by atoms with Gasteiger partial charge in [0, 0.05) is 0 Å². The van der Waals surface area contributed by atoms with Gasteiger partial charge in [-0.05, 0) is 46.1 Å². The molecule has 0 aliphatic heterocycles. The fourth-order valence-corrected chi connectivity index (χ4v) is 2.85. The van der Waals surface area contributed by atoms with Gasteiger partial charge >= 0.3 is 0 Å². The zero-order valence-electron chi connectivity index (χ0n) is 11.5. The summed E-state index contributed by atoms with van der Waals surface area (Å²) in [5.74, 6) is 0.669. The SMILES string of the molecule is Cc1nn(C(C)c2cccc3ccccc23)c(N)c1Br. The summed E-state index contributed by atoms with van der Waals surface area (Å²) in [5, 5.41) is 7.01. The van der Waals surface area contributed by atoms with Crippen molar-refractivity contribution in [2.24, 2.45) is 0 Å². The molecule has 0 bridgehead atoms. The number of benzene rings is 2. The number of anilines is 1.